The van der Waals surface area contributed by atoms with Crippen LogP contribution >= 0.6 is 11.6 Å². The Morgan fingerprint density at radius 3 is 2.45 bits per heavy atom. The molecular weight excluding hydrogens is 270 g/mol. The van der Waals surface area contributed by atoms with Crippen molar-refractivity contribution in [2.45, 2.75) is 20.4 Å². The first-order valence-electron chi connectivity index (χ1n) is 6.86. The Morgan fingerprint density at radius 2 is 1.80 bits per heavy atom. The van der Waals surface area contributed by atoms with Crippen molar-refractivity contribution in [3.05, 3.63) is 59.1 Å². The molecule has 0 heterocycles. The molecule has 2 aromatic rings. The van der Waals surface area contributed by atoms with E-state index in [4.69, 9.17) is 16.3 Å². The van der Waals surface area contributed by atoms with Crippen LogP contribution in [0.4, 0.5) is 0 Å². The predicted octanol–water partition coefficient (Wildman–Crippen LogP) is 4.88. The van der Waals surface area contributed by atoms with Gasteiger partial charge in [0.15, 0.2) is 0 Å². The van der Waals surface area contributed by atoms with E-state index in [0.717, 1.165) is 24.6 Å². The zero-order valence-electron chi connectivity index (χ0n) is 11.9. The van der Waals surface area contributed by atoms with Crippen LogP contribution in [-0.2, 0) is 6.54 Å². The zero-order chi connectivity index (χ0) is 14.4. The maximum Gasteiger partial charge on any atom is 0.128 e. The third-order valence-corrected chi connectivity index (χ3v) is 3.07. The molecule has 2 rings (SSSR count). The highest BCUT2D eigenvalue weighted by Crippen LogP contribution is 2.24. The second-order valence-corrected chi connectivity index (χ2v) is 5.66. The van der Waals surface area contributed by atoms with Crippen molar-refractivity contribution in [1.29, 1.82) is 0 Å². The summed E-state index contributed by atoms with van der Waals surface area (Å²) in [6, 6.07) is 15.5. The summed E-state index contributed by atoms with van der Waals surface area (Å²) in [5.41, 5.74) is 1.25. The smallest absolute Gasteiger partial charge is 0.128 e. The van der Waals surface area contributed by atoms with Gasteiger partial charge in [-0.25, -0.2) is 0 Å². The molecule has 0 fully saturated rings. The van der Waals surface area contributed by atoms with E-state index in [1.54, 1.807) is 6.07 Å². The van der Waals surface area contributed by atoms with Gasteiger partial charge in [-0.3, -0.25) is 0 Å². The molecule has 2 aromatic carbocycles. The fraction of sp³-hybridized carbons (Fsp3) is 0.294. The van der Waals surface area contributed by atoms with Crippen molar-refractivity contribution in [2.75, 3.05) is 6.54 Å². The molecule has 0 saturated heterocycles. The molecule has 0 aliphatic rings. The lowest BCUT2D eigenvalue weighted by atomic mass is 10.2. The topological polar surface area (TPSA) is 21.3 Å². The van der Waals surface area contributed by atoms with E-state index in [1.165, 1.54) is 5.56 Å². The van der Waals surface area contributed by atoms with E-state index < -0.39 is 0 Å². The summed E-state index contributed by atoms with van der Waals surface area (Å²) in [5, 5.41) is 4.10. The highest BCUT2D eigenvalue weighted by atomic mass is 35.5. The molecule has 0 atom stereocenters. The summed E-state index contributed by atoms with van der Waals surface area (Å²) in [5.74, 6) is 2.24. The lowest BCUT2D eigenvalue weighted by Gasteiger charge is -2.09. The van der Waals surface area contributed by atoms with Crippen molar-refractivity contribution in [3.8, 4) is 11.5 Å². The molecule has 3 heteroatoms. The fourth-order valence-electron chi connectivity index (χ4n) is 1.85. The molecule has 0 bridgehead atoms. The Bertz CT molecular complexity index is 537. The number of rotatable bonds is 6. The molecule has 0 aliphatic heterocycles. The Balaban J connectivity index is 1.91. The predicted molar refractivity (Wildman–Crippen MR) is 84.5 cm³/mol. The molecular formula is C17H20ClNO. The van der Waals surface area contributed by atoms with Crippen molar-refractivity contribution < 1.29 is 4.74 Å². The maximum absolute atomic E-state index is 5.93. The Labute approximate surface area is 125 Å². The van der Waals surface area contributed by atoms with Gasteiger partial charge in [-0.1, -0.05) is 43.6 Å². The Morgan fingerprint density at radius 1 is 1.05 bits per heavy atom. The molecule has 0 aromatic heterocycles. The first-order chi connectivity index (χ1) is 9.63. The summed E-state index contributed by atoms with van der Waals surface area (Å²) in [6.07, 6.45) is 0. The summed E-state index contributed by atoms with van der Waals surface area (Å²) >= 11 is 5.93. The quantitative estimate of drug-likeness (QED) is 0.818. The van der Waals surface area contributed by atoms with Crippen LogP contribution in [0, 0.1) is 5.92 Å². The third kappa shape index (κ3) is 4.87. The van der Waals surface area contributed by atoms with Crippen molar-refractivity contribution in [3.63, 3.8) is 0 Å². The molecule has 2 nitrogen and oxygen atoms in total. The standard InChI is InChI=1S/C17H20ClNO/c1-13(2)11-19-12-14-6-8-16(9-7-14)20-17-5-3-4-15(18)10-17/h3-10,13,19H,11-12H2,1-2H3. The molecule has 0 spiro atoms. The minimum absolute atomic E-state index is 0.667. The summed E-state index contributed by atoms with van der Waals surface area (Å²) in [6.45, 7) is 6.32. The van der Waals surface area contributed by atoms with Gasteiger partial charge in [-0.2, -0.15) is 0 Å². The van der Waals surface area contributed by atoms with Crippen molar-refractivity contribution in [1.82, 2.24) is 5.32 Å². The van der Waals surface area contributed by atoms with E-state index in [-0.39, 0.29) is 0 Å². The molecule has 0 saturated carbocycles. The van der Waals surface area contributed by atoms with Gasteiger partial charge in [-0.15, -0.1) is 0 Å². The third-order valence-electron chi connectivity index (χ3n) is 2.84. The minimum Gasteiger partial charge on any atom is -0.457 e. The van der Waals surface area contributed by atoms with Gasteiger partial charge in [-0.05, 0) is 48.4 Å². The van der Waals surface area contributed by atoms with Gasteiger partial charge in [0.25, 0.3) is 0 Å². The molecule has 0 unspecified atom stereocenters. The normalized spacial score (nSPS) is 10.8. The highest BCUT2D eigenvalue weighted by Gasteiger charge is 1.99. The molecule has 0 amide bonds. The Hall–Kier alpha value is -1.51. The maximum atomic E-state index is 5.93. The average Bonchev–Trinajstić information content (AvgIpc) is 2.40. The van der Waals surface area contributed by atoms with Crippen LogP contribution in [-0.4, -0.2) is 6.54 Å². The molecule has 106 valence electrons. The highest BCUT2D eigenvalue weighted by molar-refractivity contribution is 6.30. The van der Waals surface area contributed by atoms with Gasteiger partial charge in [0.1, 0.15) is 11.5 Å². The van der Waals surface area contributed by atoms with Gasteiger partial charge < -0.3 is 10.1 Å². The monoisotopic (exact) mass is 289 g/mol. The summed E-state index contributed by atoms with van der Waals surface area (Å²) in [4.78, 5) is 0. The van der Waals surface area contributed by atoms with E-state index in [1.807, 2.05) is 30.3 Å². The number of hydrogen-bond donors (Lipinski definition) is 1. The number of hydrogen-bond acceptors (Lipinski definition) is 2. The average molecular weight is 290 g/mol. The largest absolute Gasteiger partial charge is 0.457 e. The van der Waals surface area contributed by atoms with Gasteiger partial charge >= 0.3 is 0 Å². The Kier molecular flexibility index (Phi) is 5.45. The number of nitrogens with one attached hydrogen (secondary N) is 1. The van der Waals surface area contributed by atoms with Crippen LogP contribution in [0.5, 0.6) is 11.5 Å². The molecule has 0 aliphatic carbocycles. The van der Waals surface area contributed by atoms with E-state index in [0.29, 0.717) is 10.9 Å². The van der Waals surface area contributed by atoms with Crippen molar-refractivity contribution in [2.24, 2.45) is 5.92 Å². The lowest BCUT2D eigenvalue weighted by molar-refractivity contribution is 0.482. The van der Waals surface area contributed by atoms with Gasteiger partial charge in [0.05, 0.1) is 0 Å². The van der Waals surface area contributed by atoms with E-state index in [9.17, 15) is 0 Å². The van der Waals surface area contributed by atoms with E-state index >= 15 is 0 Å². The SMILES string of the molecule is CC(C)CNCc1ccc(Oc2cccc(Cl)c2)cc1. The van der Waals surface area contributed by atoms with Crippen LogP contribution in [0.25, 0.3) is 0 Å². The zero-order valence-corrected chi connectivity index (χ0v) is 12.7. The van der Waals surface area contributed by atoms with Crippen LogP contribution in [0.1, 0.15) is 19.4 Å². The summed E-state index contributed by atoms with van der Waals surface area (Å²) in [7, 11) is 0. The van der Waals surface area contributed by atoms with Gasteiger partial charge in [0, 0.05) is 11.6 Å². The van der Waals surface area contributed by atoms with Crippen LogP contribution in [0.3, 0.4) is 0 Å². The fourth-order valence-corrected chi connectivity index (χ4v) is 2.03. The van der Waals surface area contributed by atoms with Crippen LogP contribution in [0.15, 0.2) is 48.5 Å². The molecule has 1 N–H and O–H groups in total. The van der Waals surface area contributed by atoms with E-state index in [2.05, 4.69) is 31.3 Å². The van der Waals surface area contributed by atoms with Crippen LogP contribution in [0.2, 0.25) is 5.02 Å². The lowest BCUT2D eigenvalue weighted by Crippen LogP contribution is -2.18. The first kappa shape index (κ1) is 14.9. The molecule has 0 radical (unpaired) electrons. The van der Waals surface area contributed by atoms with Crippen molar-refractivity contribution >= 4 is 11.6 Å². The molecule has 20 heavy (non-hydrogen) atoms. The number of ether oxygens (including phenoxy) is 1. The number of benzene rings is 2. The number of halogens is 1. The van der Waals surface area contributed by atoms with Gasteiger partial charge in [0.2, 0.25) is 0 Å². The second-order valence-electron chi connectivity index (χ2n) is 5.23. The van der Waals surface area contributed by atoms with Crippen LogP contribution < -0.4 is 10.1 Å². The summed E-state index contributed by atoms with van der Waals surface area (Å²) < 4.78 is 5.75. The first-order valence-corrected chi connectivity index (χ1v) is 7.24. The minimum atomic E-state index is 0.667. The second kappa shape index (κ2) is 7.32.